The normalized spacial score (nSPS) is 26.9. The Bertz CT molecular complexity index is 404. The lowest BCUT2D eigenvalue weighted by Crippen LogP contribution is -2.39. The van der Waals surface area contributed by atoms with Crippen LogP contribution >= 0.6 is 0 Å². The standard InChI is InChI=1S/C10H12O3S/c11-8-6-10(7-8)14(12,13)9-4-2-1-3-5-9/h1-5,8,10-11H,6-7H2. The molecule has 0 bridgehead atoms. The van der Waals surface area contributed by atoms with Crippen molar-refractivity contribution in [2.75, 3.05) is 0 Å². The number of hydrogen-bond donors (Lipinski definition) is 1. The lowest BCUT2D eigenvalue weighted by Gasteiger charge is -2.30. The first-order valence-electron chi connectivity index (χ1n) is 4.58. The van der Waals surface area contributed by atoms with E-state index in [0.717, 1.165) is 0 Å². The third-order valence-electron chi connectivity index (χ3n) is 2.58. The average molecular weight is 212 g/mol. The smallest absolute Gasteiger partial charge is 0.181 e. The fourth-order valence-electron chi connectivity index (χ4n) is 1.59. The quantitative estimate of drug-likeness (QED) is 0.795. The van der Waals surface area contributed by atoms with E-state index in [1.54, 1.807) is 30.3 Å². The molecule has 0 saturated heterocycles. The summed E-state index contributed by atoms with van der Waals surface area (Å²) in [6, 6.07) is 8.40. The molecular formula is C10H12O3S. The van der Waals surface area contributed by atoms with E-state index < -0.39 is 15.9 Å². The van der Waals surface area contributed by atoms with Crippen LogP contribution in [0.15, 0.2) is 35.2 Å². The van der Waals surface area contributed by atoms with Gasteiger partial charge in [0.25, 0.3) is 0 Å². The van der Waals surface area contributed by atoms with Crippen molar-refractivity contribution in [2.45, 2.75) is 29.1 Å². The van der Waals surface area contributed by atoms with Gasteiger partial charge in [-0.25, -0.2) is 8.42 Å². The molecule has 1 saturated carbocycles. The maximum Gasteiger partial charge on any atom is 0.181 e. The van der Waals surface area contributed by atoms with E-state index in [1.165, 1.54) is 0 Å². The highest BCUT2D eigenvalue weighted by Gasteiger charge is 2.38. The molecule has 76 valence electrons. The summed E-state index contributed by atoms with van der Waals surface area (Å²) in [4.78, 5) is 0.358. The van der Waals surface area contributed by atoms with Crippen molar-refractivity contribution in [3.8, 4) is 0 Å². The van der Waals surface area contributed by atoms with Crippen LogP contribution in [0.3, 0.4) is 0 Å². The van der Waals surface area contributed by atoms with Crippen LogP contribution < -0.4 is 0 Å². The van der Waals surface area contributed by atoms with E-state index in [-0.39, 0.29) is 5.25 Å². The Labute approximate surface area is 83.3 Å². The zero-order chi connectivity index (χ0) is 10.2. The summed E-state index contributed by atoms with van der Waals surface area (Å²) in [6.45, 7) is 0. The van der Waals surface area contributed by atoms with Crippen molar-refractivity contribution in [1.29, 1.82) is 0 Å². The summed E-state index contributed by atoms with van der Waals surface area (Å²) >= 11 is 0. The predicted molar refractivity (Wildman–Crippen MR) is 52.7 cm³/mol. The van der Waals surface area contributed by atoms with Crippen molar-refractivity contribution in [3.63, 3.8) is 0 Å². The molecule has 0 radical (unpaired) electrons. The molecule has 1 aromatic carbocycles. The van der Waals surface area contributed by atoms with Gasteiger partial charge in [0, 0.05) is 0 Å². The maximum absolute atomic E-state index is 11.8. The first-order chi connectivity index (χ1) is 6.60. The Kier molecular flexibility index (Phi) is 2.33. The third kappa shape index (κ3) is 1.55. The summed E-state index contributed by atoms with van der Waals surface area (Å²) in [5.41, 5.74) is 0. The number of sulfone groups is 1. The highest BCUT2D eigenvalue weighted by molar-refractivity contribution is 7.92. The van der Waals surface area contributed by atoms with Gasteiger partial charge in [0.05, 0.1) is 16.2 Å². The zero-order valence-electron chi connectivity index (χ0n) is 7.63. The second kappa shape index (κ2) is 3.37. The summed E-state index contributed by atoms with van der Waals surface area (Å²) in [6.07, 6.45) is 0.313. The molecular weight excluding hydrogens is 200 g/mol. The lowest BCUT2D eigenvalue weighted by molar-refractivity contribution is 0.0977. The molecule has 1 aliphatic rings. The minimum Gasteiger partial charge on any atom is -0.393 e. The molecule has 0 aliphatic heterocycles. The molecule has 2 rings (SSSR count). The molecule has 4 heteroatoms. The Balaban J connectivity index is 2.26. The van der Waals surface area contributed by atoms with E-state index >= 15 is 0 Å². The third-order valence-corrected chi connectivity index (χ3v) is 4.77. The van der Waals surface area contributed by atoms with E-state index in [9.17, 15) is 8.42 Å². The number of aliphatic hydroxyl groups excluding tert-OH is 1. The van der Waals surface area contributed by atoms with E-state index in [2.05, 4.69) is 0 Å². The van der Waals surface area contributed by atoms with Crippen LogP contribution in [-0.2, 0) is 9.84 Å². The maximum atomic E-state index is 11.8. The van der Waals surface area contributed by atoms with Gasteiger partial charge in [0.1, 0.15) is 0 Å². The van der Waals surface area contributed by atoms with Gasteiger partial charge in [0.2, 0.25) is 0 Å². The Hall–Kier alpha value is -0.870. The van der Waals surface area contributed by atoms with Crippen molar-refractivity contribution in [2.24, 2.45) is 0 Å². The van der Waals surface area contributed by atoms with Gasteiger partial charge < -0.3 is 5.11 Å². The Morgan fingerprint density at radius 3 is 2.21 bits per heavy atom. The molecule has 0 heterocycles. The van der Waals surface area contributed by atoms with Crippen LogP contribution in [0.4, 0.5) is 0 Å². The Morgan fingerprint density at radius 1 is 1.14 bits per heavy atom. The molecule has 3 nitrogen and oxygen atoms in total. The SMILES string of the molecule is O=S(=O)(c1ccccc1)C1CC(O)C1. The average Bonchev–Trinajstić information content (AvgIpc) is 2.14. The second-order valence-corrected chi connectivity index (χ2v) is 5.83. The summed E-state index contributed by atoms with van der Waals surface area (Å²) in [5.74, 6) is 0. The number of benzene rings is 1. The summed E-state index contributed by atoms with van der Waals surface area (Å²) in [7, 11) is -3.20. The molecule has 1 aromatic rings. The second-order valence-electron chi connectivity index (χ2n) is 3.61. The fraction of sp³-hybridized carbons (Fsp3) is 0.400. The van der Waals surface area contributed by atoms with Gasteiger partial charge >= 0.3 is 0 Å². The monoisotopic (exact) mass is 212 g/mol. The van der Waals surface area contributed by atoms with Crippen LogP contribution in [0.5, 0.6) is 0 Å². The molecule has 14 heavy (non-hydrogen) atoms. The predicted octanol–water partition coefficient (Wildman–Crippen LogP) is 0.984. The molecule has 0 atom stereocenters. The molecule has 0 spiro atoms. The van der Waals surface area contributed by atoms with Crippen molar-refractivity contribution in [3.05, 3.63) is 30.3 Å². The van der Waals surface area contributed by atoms with Crippen LogP contribution in [0.2, 0.25) is 0 Å². The summed E-state index contributed by atoms with van der Waals surface area (Å²) < 4.78 is 23.7. The molecule has 1 N–H and O–H groups in total. The zero-order valence-corrected chi connectivity index (χ0v) is 8.44. The molecule has 0 unspecified atom stereocenters. The first kappa shape index (κ1) is 9.68. The van der Waals surface area contributed by atoms with Crippen LogP contribution in [0.25, 0.3) is 0 Å². The van der Waals surface area contributed by atoms with Crippen LogP contribution in [-0.4, -0.2) is 24.9 Å². The molecule has 1 aliphatic carbocycles. The van der Waals surface area contributed by atoms with Crippen molar-refractivity contribution < 1.29 is 13.5 Å². The highest BCUT2D eigenvalue weighted by Crippen LogP contribution is 2.31. The number of rotatable bonds is 2. The fourth-order valence-corrected chi connectivity index (χ4v) is 3.47. The molecule has 0 amide bonds. The van der Waals surface area contributed by atoms with Gasteiger partial charge in [-0.3, -0.25) is 0 Å². The van der Waals surface area contributed by atoms with E-state index in [4.69, 9.17) is 5.11 Å². The van der Waals surface area contributed by atoms with E-state index in [1.807, 2.05) is 0 Å². The van der Waals surface area contributed by atoms with Gasteiger partial charge in [-0.1, -0.05) is 18.2 Å². The first-order valence-corrected chi connectivity index (χ1v) is 6.12. The van der Waals surface area contributed by atoms with Crippen LogP contribution in [0.1, 0.15) is 12.8 Å². The Morgan fingerprint density at radius 2 is 1.71 bits per heavy atom. The summed E-state index contributed by atoms with van der Waals surface area (Å²) in [5, 5.41) is 8.68. The minimum atomic E-state index is -3.20. The van der Waals surface area contributed by atoms with Gasteiger partial charge in [-0.05, 0) is 25.0 Å². The van der Waals surface area contributed by atoms with Gasteiger partial charge in [0.15, 0.2) is 9.84 Å². The van der Waals surface area contributed by atoms with Gasteiger partial charge in [-0.2, -0.15) is 0 Å². The lowest BCUT2D eigenvalue weighted by atomic mass is 9.96. The van der Waals surface area contributed by atoms with E-state index in [0.29, 0.717) is 17.7 Å². The molecule has 1 fully saturated rings. The number of aliphatic hydroxyl groups is 1. The number of hydrogen-bond acceptors (Lipinski definition) is 3. The van der Waals surface area contributed by atoms with Crippen LogP contribution in [0, 0.1) is 0 Å². The molecule has 0 aromatic heterocycles. The highest BCUT2D eigenvalue weighted by atomic mass is 32.2. The van der Waals surface area contributed by atoms with Crippen molar-refractivity contribution >= 4 is 9.84 Å². The largest absolute Gasteiger partial charge is 0.393 e. The van der Waals surface area contributed by atoms with Crippen molar-refractivity contribution in [1.82, 2.24) is 0 Å². The minimum absolute atomic E-state index is 0.358. The van der Waals surface area contributed by atoms with Gasteiger partial charge in [-0.15, -0.1) is 0 Å². The topological polar surface area (TPSA) is 54.4 Å².